The number of aliphatic hydroxyl groups excluding tert-OH is 1. The predicted octanol–water partition coefficient (Wildman–Crippen LogP) is 5.20. The number of esters is 1. The second-order valence-corrected chi connectivity index (χ2v) is 6.52. The summed E-state index contributed by atoms with van der Waals surface area (Å²) in [4.78, 5) is 23.5. The molecule has 1 atom stereocenters. The molecule has 1 aliphatic rings. The van der Waals surface area contributed by atoms with Gasteiger partial charge in [-0.2, -0.15) is 0 Å². The molecule has 0 saturated carbocycles. The van der Waals surface area contributed by atoms with Crippen molar-refractivity contribution in [2.45, 2.75) is 71.1 Å². The summed E-state index contributed by atoms with van der Waals surface area (Å²) >= 11 is 0. The molecule has 0 heterocycles. The van der Waals surface area contributed by atoms with E-state index in [-0.39, 0.29) is 23.4 Å². The van der Waals surface area contributed by atoms with Crippen LogP contribution in [0.25, 0.3) is 0 Å². The highest BCUT2D eigenvalue weighted by Crippen LogP contribution is 2.28. The lowest BCUT2D eigenvalue weighted by atomic mass is 9.94. The summed E-state index contributed by atoms with van der Waals surface area (Å²) in [6.45, 7) is 2.19. The number of carbonyl (C=O) groups is 2. The zero-order chi connectivity index (χ0) is 18.5. The van der Waals surface area contributed by atoms with Crippen LogP contribution in [-0.2, 0) is 14.3 Å². The van der Waals surface area contributed by atoms with E-state index in [4.69, 9.17) is 0 Å². The Hall–Kier alpha value is -1.84. The third-order valence-electron chi connectivity index (χ3n) is 4.45. The Morgan fingerprint density at radius 2 is 1.84 bits per heavy atom. The summed E-state index contributed by atoms with van der Waals surface area (Å²) in [5.74, 6) is -0.217. The summed E-state index contributed by atoms with van der Waals surface area (Å²) in [5, 5.41) is 9.99. The first-order valence-corrected chi connectivity index (χ1v) is 9.48. The van der Waals surface area contributed by atoms with Gasteiger partial charge >= 0.3 is 5.97 Å². The van der Waals surface area contributed by atoms with Gasteiger partial charge in [-0.3, -0.25) is 9.59 Å². The van der Waals surface area contributed by atoms with E-state index in [1.54, 1.807) is 6.08 Å². The van der Waals surface area contributed by atoms with Crippen molar-refractivity contribution in [2.24, 2.45) is 5.92 Å². The molecule has 1 unspecified atom stereocenters. The third-order valence-corrected chi connectivity index (χ3v) is 4.45. The lowest BCUT2D eigenvalue weighted by molar-refractivity contribution is -0.140. The van der Waals surface area contributed by atoms with Crippen molar-refractivity contribution < 1.29 is 19.4 Å². The van der Waals surface area contributed by atoms with Gasteiger partial charge in [0.25, 0.3) is 0 Å². The summed E-state index contributed by atoms with van der Waals surface area (Å²) in [5.41, 5.74) is 0.512. The average molecular weight is 348 g/mol. The molecule has 0 saturated heterocycles. The van der Waals surface area contributed by atoms with Gasteiger partial charge in [-0.15, -0.1) is 0 Å². The van der Waals surface area contributed by atoms with Crippen molar-refractivity contribution in [3.05, 3.63) is 35.6 Å². The number of unbranched alkanes of at least 4 members (excludes halogenated alkanes) is 6. The number of hydrogen-bond acceptors (Lipinski definition) is 4. The minimum Gasteiger partial charge on any atom is -0.508 e. The molecule has 0 amide bonds. The first-order valence-electron chi connectivity index (χ1n) is 9.48. The fraction of sp³-hybridized carbons (Fsp3) is 0.619. The van der Waals surface area contributed by atoms with Gasteiger partial charge in [0.2, 0.25) is 0 Å². The quantitative estimate of drug-likeness (QED) is 0.282. The van der Waals surface area contributed by atoms with Crippen molar-refractivity contribution in [3.8, 4) is 0 Å². The van der Waals surface area contributed by atoms with E-state index in [0.29, 0.717) is 18.4 Å². The highest BCUT2D eigenvalue weighted by atomic mass is 16.5. The predicted molar refractivity (Wildman–Crippen MR) is 100 cm³/mol. The van der Waals surface area contributed by atoms with Gasteiger partial charge in [-0.05, 0) is 31.8 Å². The molecule has 1 rings (SSSR count). The van der Waals surface area contributed by atoms with E-state index in [1.807, 2.05) is 12.2 Å². The van der Waals surface area contributed by atoms with Crippen LogP contribution in [0.1, 0.15) is 71.1 Å². The summed E-state index contributed by atoms with van der Waals surface area (Å²) in [7, 11) is 1.38. The van der Waals surface area contributed by atoms with E-state index in [0.717, 1.165) is 25.7 Å². The minimum atomic E-state index is -0.212. The van der Waals surface area contributed by atoms with Crippen molar-refractivity contribution >= 4 is 11.8 Å². The Balaban J connectivity index is 2.35. The van der Waals surface area contributed by atoms with Gasteiger partial charge in [-0.1, -0.05) is 50.8 Å². The molecule has 1 aliphatic carbocycles. The van der Waals surface area contributed by atoms with Crippen LogP contribution < -0.4 is 0 Å². The molecule has 0 aliphatic heterocycles. The molecule has 0 aromatic carbocycles. The molecule has 4 heteroatoms. The molecule has 0 spiro atoms. The van der Waals surface area contributed by atoms with Crippen LogP contribution in [-0.4, -0.2) is 24.0 Å². The largest absolute Gasteiger partial charge is 0.508 e. The lowest BCUT2D eigenvalue weighted by Gasteiger charge is -2.09. The first-order chi connectivity index (χ1) is 12.1. The van der Waals surface area contributed by atoms with Crippen molar-refractivity contribution in [2.75, 3.05) is 7.11 Å². The third kappa shape index (κ3) is 8.19. The Labute approximate surface area is 151 Å². The van der Waals surface area contributed by atoms with E-state index < -0.39 is 0 Å². The van der Waals surface area contributed by atoms with E-state index in [1.165, 1.54) is 32.8 Å². The number of ketones is 1. The lowest BCUT2D eigenvalue weighted by Crippen LogP contribution is -2.10. The highest BCUT2D eigenvalue weighted by Gasteiger charge is 2.24. The molecular weight excluding hydrogens is 316 g/mol. The smallest absolute Gasteiger partial charge is 0.305 e. The second kappa shape index (κ2) is 12.5. The summed E-state index contributed by atoms with van der Waals surface area (Å²) in [6.07, 6.45) is 16.6. The standard InChI is InChI=1S/C21H32O4/c1-3-4-5-6-7-9-12-17-15-16-19(23)21(17)18(22)13-10-8-11-14-20(24)25-2/h9,12,15-17,23H,3-8,10-11,13-14H2,1-2H3. The molecule has 0 radical (unpaired) electrons. The zero-order valence-corrected chi connectivity index (χ0v) is 15.6. The van der Waals surface area contributed by atoms with Gasteiger partial charge in [-0.25, -0.2) is 0 Å². The van der Waals surface area contributed by atoms with Crippen LogP contribution in [0.4, 0.5) is 0 Å². The number of methoxy groups -OCH3 is 1. The van der Waals surface area contributed by atoms with Crippen LogP contribution >= 0.6 is 0 Å². The van der Waals surface area contributed by atoms with Crippen LogP contribution in [0.5, 0.6) is 0 Å². The van der Waals surface area contributed by atoms with E-state index in [9.17, 15) is 14.7 Å². The summed E-state index contributed by atoms with van der Waals surface area (Å²) in [6, 6.07) is 0. The van der Waals surface area contributed by atoms with Gasteiger partial charge in [0.05, 0.1) is 7.11 Å². The maximum absolute atomic E-state index is 12.4. The topological polar surface area (TPSA) is 63.6 Å². The van der Waals surface area contributed by atoms with Crippen LogP contribution in [0, 0.1) is 5.92 Å². The van der Waals surface area contributed by atoms with Crippen LogP contribution in [0.3, 0.4) is 0 Å². The number of ether oxygens (including phenoxy) is 1. The number of carbonyl (C=O) groups excluding carboxylic acids is 2. The van der Waals surface area contributed by atoms with Gasteiger partial charge in [0.1, 0.15) is 5.76 Å². The number of rotatable bonds is 13. The van der Waals surface area contributed by atoms with Crippen molar-refractivity contribution in [1.29, 1.82) is 0 Å². The molecule has 140 valence electrons. The highest BCUT2D eigenvalue weighted by molar-refractivity contribution is 5.98. The molecule has 0 aromatic heterocycles. The minimum absolute atomic E-state index is 0.00111. The number of allylic oxidation sites excluding steroid dienone is 5. The molecule has 1 N–H and O–H groups in total. The fourth-order valence-electron chi connectivity index (χ4n) is 2.94. The first kappa shape index (κ1) is 21.2. The maximum Gasteiger partial charge on any atom is 0.305 e. The van der Waals surface area contributed by atoms with Crippen LogP contribution in [0.15, 0.2) is 35.6 Å². The van der Waals surface area contributed by atoms with Gasteiger partial charge in [0.15, 0.2) is 5.78 Å². The molecule has 0 bridgehead atoms. The van der Waals surface area contributed by atoms with Crippen LogP contribution in [0.2, 0.25) is 0 Å². The van der Waals surface area contributed by atoms with Crippen molar-refractivity contribution in [1.82, 2.24) is 0 Å². The number of hydrogen-bond donors (Lipinski definition) is 1. The fourth-order valence-corrected chi connectivity index (χ4v) is 2.94. The SMILES string of the molecule is CCCCCCC=CC1C=CC(O)=C1C(=O)CCCCCC(=O)OC. The Kier molecular flexibility index (Phi) is 10.6. The molecule has 0 fully saturated rings. The molecular formula is C21H32O4. The zero-order valence-electron chi connectivity index (χ0n) is 15.6. The average Bonchev–Trinajstić information content (AvgIpc) is 2.97. The van der Waals surface area contributed by atoms with Gasteiger partial charge < -0.3 is 9.84 Å². The monoisotopic (exact) mass is 348 g/mol. The number of Topliss-reactive ketones (excluding diaryl/α,β-unsaturated/α-hetero) is 1. The Bertz CT molecular complexity index is 514. The molecule has 25 heavy (non-hydrogen) atoms. The van der Waals surface area contributed by atoms with Crippen molar-refractivity contribution in [3.63, 3.8) is 0 Å². The Morgan fingerprint density at radius 3 is 2.56 bits per heavy atom. The molecule has 0 aromatic rings. The molecule has 4 nitrogen and oxygen atoms in total. The number of aliphatic hydroxyl groups is 1. The van der Waals surface area contributed by atoms with Gasteiger partial charge in [0, 0.05) is 24.3 Å². The maximum atomic E-state index is 12.4. The Morgan fingerprint density at radius 1 is 1.12 bits per heavy atom. The normalized spacial score (nSPS) is 16.8. The summed E-state index contributed by atoms with van der Waals surface area (Å²) < 4.78 is 4.59. The second-order valence-electron chi connectivity index (χ2n) is 6.52. The van der Waals surface area contributed by atoms with E-state index in [2.05, 4.69) is 17.7 Å². The van der Waals surface area contributed by atoms with E-state index >= 15 is 0 Å².